The Morgan fingerprint density at radius 3 is 1.61 bits per heavy atom. The summed E-state index contributed by atoms with van der Waals surface area (Å²) in [6.45, 7) is 2.30. The third kappa shape index (κ3) is 14.1. The standard InChI is InChI=1S/C21H38S2/c1-2-3-4-5-6-7-8-9-10-11-12-13-14-15-16-19-22-21-18-17-20-23-21/h17-18,20H,2-16,19H2,1H3. The van der Waals surface area contributed by atoms with Gasteiger partial charge in [-0.2, -0.15) is 0 Å². The molecule has 0 aromatic carbocycles. The van der Waals surface area contributed by atoms with E-state index in [-0.39, 0.29) is 0 Å². The summed E-state index contributed by atoms with van der Waals surface area (Å²) in [6, 6.07) is 4.39. The van der Waals surface area contributed by atoms with Crippen molar-refractivity contribution in [3.63, 3.8) is 0 Å². The molecular formula is C21H38S2. The molecule has 23 heavy (non-hydrogen) atoms. The van der Waals surface area contributed by atoms with Gasteiger partial charge in [0, 0.05) is 0 Å². The summed E-state index contributed by atoms with van der Waals surface area (Å²) in [5, 5.41) is 2.18. The van der Waals surface area contributed by atoms with Crippen molar-refractivity contribution in [3.05, 3.63) is 17.5 Å². The molecule has 0 aliphatic rings. The number of unbranched alkanes of at least 4 members (excludes halogenated alkanes) is 14. The van der Waals surface area contributed by atoms with Crippen molar-refractivity contribution in [3.8, 4) is 0 Å². The van der Waals surface area contributed by atoms with Crippen molar-refractivity contribution in [2.75, 3.05) is 5.75 Å². The third-order valence-electron chi connectivity index (χ3n) is 4.49. The summed E-state index contributed by atoms with van der Waals surface area (Å²) < 4.78 is 1.48. The van der Waals surface area contributed by atoms with Crippen LogP contribution < -0.4 is 0 Å². The highest BCUT2D eigenvalue weighted by atomic mass is 32.2. The monoisotopic (exact) mass is 354 g/mol. The number of thiophene rings is 1. The predicted molar refractivity (Wildman–Crippen MR) is 110 cm³/mol. The number of thioether (sulfide) groups is 1. The molecule has 0 bridgehead atoms. The Kier molecular flexibility index (Phi) is 15.5. The van der Waals surface area contributed by atoms with Gasteiger partial charge in [-0.1, -0.05) is 103 Å². The van der Waals surface area contributed by atoms with E-state index in [2.05, 4.69) is 24.4 Å². The average molecular weight is 355 g/mol. The maximum atomic E-state index is 2.30. The van der Waals surface area contributed by atoms with Gasteiger partial charge < -0.3 is 0 Å². The minimum absolute atomic E-state index is 1.30. The lowest BCUT2D eigenvalue weighted by atomic mass is 10.0. The van der Waals surface area contributed by atoms with E-state index in [0.29, 0.717) is 0 Å². The van der Waals surface area contributed by atoms with E-state index in [0.717, 1.165) is 0 Å². The second-order valence-electron chi connectivity index (χ2n) is 6.73. The molecule has 2 heteroatoms. The van der Waals surface area contributed by atoms with Crippen molar-refractivity contribution in [2.45, 2.75) is 107 Å². The normalized spacial score (nSPS) is 11.2. The first kappa shape index (κ1) is 21.1. The highest BCUT2D eigenvalue weighted by Crippen LogP contribution is 2.24. The van der Waals surface area contributed by atoms with E-state index in [1.54, 1.807) is 0 Å². The Bertz CT molecular complexity index is 319. The maximum absolute atomic E-state index is 2.30. The van der Waals surface area contributed by atoms with Gasteiger partial charge in [0.1, 0.15) is 0 Å². The summed E-state index contributed by atoms with van der Waals surface area (Å²) in [6.07, 6.45) is 21.8. The van der Waals surface area contributed by atoms with Gasteiger partial charge in [-0.3, -0.25) is 0 Å². The lowest BCUT2D eigenvalue weighted by molar-refractivity contribution is 0.535. The fraction of sp³-hybridized carbons (Fsp3) is 0.810. The third-order valence-corrected chi connectivity index (χ3v) is 6.70. The Labute approximate surface area is 153 Å². The van der Waals surface area contributed by atoms with Gasteiger partial charge in [-0.05, 0) is 23.6 Å². The van der Waals surface area contributed by atoms with Crippen molar-refractivity contribution in [1.82, 2.24) is 0 Å². The highest BCUT2D eigenvalue weighted by molar-refractivity contribution is 8.01. The zero-order valence-corrected chi connectivity index (χ0v) is 17.0. The Morgan fingerprint density at radius 1 is 0.696 bits per heavy atom. The predicted octanol–water partition coefficient (Wildman–Crippen LogP) is 8.71. The Balaban J connectivity index is 1.67. The molecule has 0 saturated carbocycles. The van der Waals surface area contributed by atoms with Crippen molar-refractivity contribution < 1.29 is 0 Å². The second-order valence-corrected chi connectivity index (χ2v) is 9.07. The van der Waals surface area contributed by atoms with Gasteiger partial charge >= 0.3 is 0 Å². The molecular weight excluding hydrogens is 316 g/mol. The Hall–Kier alpha value is 0.0500. The summed E-state index contributed by atoms with van der Waals surface area (Å²) in [5.41, 5.74) is 0. The first-order chi connectivity index (χ1) is 11.4. The van der Waals surface area contributed by atoms with Crippen LogP contribution in [-0.2, 0) is 0 Å². The zero-order chi connectivity index (χ0) is 16.4. The van der Waals surface area contributed by atoms with Crippen LogP contribution in [0.4, 0.5) is 0 Å². The molecule has 0 radical (unpaired) electrons. The summed E-state index contributed by atoms with van der Waals surface area (Å²) in [7, 11) is 0. The van der Waals surface area contributed by atoms with E-state index in [1.165, 1.54) is 106 Å². The summed E-state index contributed by atoms with van der Waals surface area (Å²) in [5.74, 6) is 1.30. The molecule has 0 aliphatic heterocycles. The average Bonchev–Trinajstić information content (AvgIpc) is 3.08. The number of rotatable bonds is 17. The zero-order valence-electron chi connectivity index (χ0n) is 15.4. The lowest BCUT2D eigenvalue weighted by Crippen LogP contribution is -1.84. The van der Waals surface area contributed by atoms with Gasteiger partial charge in [-0.15, -0.1) is 23.1 Å². The molecule has 134 valence electrons. The maximum Gasteiger partial charge on any atom is 0.0598 e. The van der Waals surface area contributed by atoms with Crippen LogP contribution >= 0.6 is 23.1 Å². The molecule has 1 aromatic rings. The molecule has 1 heterocycles. The van der Waals surface area contributed by atoms with Crippen LogP contribution in [0.25, 0.3) is 0 Å². The quantitative estimate of drug-likeness (QED) is 0.199. The first-order valence-electron chi connectivity index (χ1n) is 10.1. The topological polar surface area (TPSA) is 0 Å². The summed E-state index contributed by atoms with van der Waals surface area (Å²) >= 11 is 3.90. The molecule has 0 fully saturated rings. The van der Waals surface area contributed by atoms with E-state index in [9.17, 15) is 0 Å². The van der Waals surface area contributed by atoms with Crippen LogP contribution in [0.15, 0.2) is 21.7 Å². The molecule has 1 aromatic heterocycles. The van der Waals surface area contributed by atoms with Crippen LogP contribution in [0.1, 0.15) is 103 Å². The molecule has 0 atom stereocenters. The van der Waals surface area contributed by atoms with Gasteiger partial charge in [-0.25, -0.2) is 0 Å². The van der Waals surface area contributed by atoms with Crippen LogP contribution in [0.5, 0.6) is 0 Å². The molecule has 0 unspecified atom stereocenters. The fourth-order valence-corrected chi connectivity index (χ4v) is 4.85. The second kappa shape index (κ2) is 16.9. The van der Waals surface area contributed by atoms with Crippen LogP contribution in [0.2, 0.25) is 0 Å². The minimum Gasteiger partial charge on any atom is -0.137 e. The molecule has 0 nitrogen and oxygen atoms in total. The van der Waals surface area contributed by atoms with Gasteiger partial charge in [0.15, 0.2) is 0 Å². The Morgan fingerprint density at radius 2 is 1.17 bits per heavy atom. The van der Waals surface area contributed by atoms with Crippen molar-refractivity contribution in [1.29, 1.82) is 0 Å². The minimum atomic E-state index is 1.30. The number of hydrogen-bond acceptors (Lipinski definition) is 2. The van der Waals surface area contributed by atoms with Gasteiger partial charge in [0.25, 0.3) is 0 Å². The van der Waals surface area contributed by atoms with Gasteiger partial charge in [0.05, 0.1) is 4.21 Å². The van der Waals surface area contributed by atoms with E-state index in [4.69, 9.17) is 0 Å². The molecule has 0 saturated heterocycles. The molecule has 0 aliphatic carbocycles. The van der Waals surface area contributed by atoms with Crippen LogP contribution in [0.3, 0.4) is 0 Å². The highest BCUT2D eigenvalue weighted by Gasteiger charge is 1.96. The smallest absolute Gasteiger partial charge is 0.0598 e. The SMILES string of the molecule is CCCCCCCCCCCCCCCCCSc1cccs1. The first-order valence-corrected chi connectivity index (χ1v) is 12.0. The molecule has 0 amide bonds. The lowest BCUT2D eigenvalue weighted by Gasteiger charge is -2.03. The fourth-order valence-electron chi connectivity index (χ4n) is 2.99. The van der Waals surface area contributed by atoms with Gasteiger partial charge in [0.2, 0.25) is 0 Å². The van der Waals surface area contributed by atoms with Crippen molar-refractivity contribution >= 4 is 23.1 Å². The largest absolute Gasteiger partial charge is 0.137 e. The van der Waals surface area contributed by atoms with E-state index in [1.807, 2.05) is 23.1 Å². The van der Waals surface area contributed by atoms with Crippen LogP contribution in [-0.4, -0.2) is 5.75 Å². The van der Waals surface area contributed by atoms with Crippen molar-refractivity contribution in [2.24, 2.45) is 0 Å². The summed E-state index contributed by atoms with van der Waals surface area (Å²) in [4.78, 5) is 0. The van der Waals surface area contributed by atoms with E-state index < -0.39 is 0 Å². The molecule has 0 N–H and O–H groups in total. The molecule has 1 rings (SSSR count). The number of hydrogen-bond donors (Lipinski definition) is 0. The van der Waals surface area contributed by atoms with E-state index >= 15 is 0 Å². The molecule has 0 spiro atoms. The van der Waals surface area contributed by atoms with Crippen LogP contribution in [0, 0.1) is 0 Å².